The van der Waals surface area contributed by atoms with E-state index in [0.717, 1.165) is 0 Å². The zero-order valence-electron chi connectivity index (χ0n) is 5.42. The lowest BCUT2D eigenvalue weighted by Crippen LogP contribution is -2.53. The van der Waals surface area contributed by atoms with E-state index in [4.69, 9.17) is 16.6 Å². The first kappa shape index (κ1) is 11.0. The number of aliphatic carboxylic acids is 1. The van der Waals surface area contributed by atoms with Gasteiger partial charge in [-0.15, -0.1) is 13.2 Å². The Balaban J connectivity index is 0. The van der Waals surface area contributed by atoms with E-state index in [9.17, 15) is 4.79 Å². The first-order valence-electron chi connectivity index (χ1n) is 2.26. The maximum atomic E-state index is 9.77. The Bertz CT molecular complexity index is 95.6. The van der Waals surface area contributed by atoms with E-state index in [0.29, 0.717) is 0 Å². The first-order valence-corrected chi connectivity index (χ1v) is 2.26. The molecule has 0 aliphatic carbocycles. The average molecular weight is 132 g/mol. The molecule has 0 rings (SSSR count). The third-order valence-electron chi connectivity index (χ3n) is 0.461. The minimum absolute atomic E-state index is 1.20. The molecule has 0 atom stereocenters. The summed E-state index contributed by atoms with van der Waals surface area (Å²) in [6, 6.07) is 0. The van der Waals surface area contributed by atoms with Gasteiger partial charge in [-0.25, -0.2) is 4.79 Å². The van der Waals surface area contributed by atoms with Crippen molar-refractivity contribution in [1.29, 1.82) is 0 Å². The standard InChI is InChI=1S/C3H8N2O2.C2H4/c1-3(4,5)2(6)7;1-2/h4-5H2,1H3,(H,6,7);1-2H2. The summed E-state index contributed by atoms with van der Waals surface area (Å²) in [5.74, 6) is -1.20. The van der Waals surface area contributed by atoms with Crippen LogP contribution in [0.4, 0.5) is 0 Å². The van der Waals surface area contributed by atoms with Gasteiger partial charge in [-0.3, -0.25) is 0 Å². The molecule has 0 saturated heterocycles. The summed E-state index contributed by atoms with van der Waals surface area (Å²) in [7, 11) is 0. The van der Waals surface area contributed by atoms with Crippen LogP contribution in [0.1, 0.15) is 6.92 Å². The van der Waals surface area contributed by atoms with Crippen LogP contribution in [0.5, 0.6) is 0 Å². The molecule has 0 radical (unpaired) electrons. The fraction of sp³-hybridized carbons (Fsp3) is 0.400. The quantitative estimate of drug-likeness (QED) is 0.331. The molecule has 4 nitrogen and oxygen atoms in total. The monoisotopic (exact) mass is 132 g/mol. The topological polar surface area (TPSA) is 89.3 Å². The molecular formula is C5H12N2O2. The molecule has 5 N–H and O–H groups in total. The molecular weight excluding hydrogens is 120 g/mol. The molecule has 9 heavy (non-hydrogen) atoms. The Kier molecular flexibility index (Phi) is 4.95. The Labute approximate surface area is 54.2 Å². The highest BCUT2D eigenvalue weighted by Crippen LogP contribution is 1.82. The largest absolute Gasteiger partial charge is 0.479 e. The van der Waals surface area contributed by atoms with Crippen molar-refractivity contribution in [2.45, 2.75) is 12.6 Å². The number of rotatable bonds is 1. The summed E-state index contributed by atoms with van der Waals surface area (Å²) in [6.07, 6.45) is 0. The smallest absolute Gasteiger partial charge is 0.338 e. The van der Waals surface area contributed by atoms with Crippen LogP contribution in [-0.4, -0.2) is 16.7 Å². The Hall–Kier alpha value is -0.870. The highest BCUT2D eigenvalue weighted by molar-refractivity contribution is 5.76. The Morgan fingerprint density at radius 2 is 1.67 bits per heavy atom. The SMILES string of the molecule is C=C.CC(N)(N)C(=O)O. The van der Waals surface area contributed by atoms with Crippen LogP contribution in [0.3, 0.4) is 0 Å². The summed E-state index contributed by atoms with van der Waals surface area (Å²) in [6.45, 7) is 7.22. The summed E-state index contributed by atoms with van der Waals surface area (Å²) < 4.78 is 0. The van der Waals surface area contributed by atoms with E-state index < -0.39 is 11.6 Å². The summed E-state index contributed by atoms with van der Waals surface area (Å²) >= 11 is 0. The average Bonchev–Trinajstić information content (AvgIpc) is 1.69. The molecule has 0 aliphatic heterocycles. The van der Waals surface area contributed by atoms with Gasteiger partial charge in [0.1, 0.15) is 0 Å². The van der Waals surface area contributed by atoms with Crippen LogP contribution < -0.4 is 11.5 Å². The van der Waals surface area contributed by atoms with E-state index in [1.807, 2.05) is 0 Å². The molecule has 0 aromatic heterocycles. The first-order chi connectivity index (χ1) is 3.94. The molecule has 0 spiro atoms. The maximum absolute atomic E-state index is 9.77. The van der Waals surface area contributed by atoms with Crippen molar-refractivity contribution < 1.29 is 9.90 Å². The lowest BCUT2D eigenvalue weighted by Gasteiger charge is -2.09. The zero-order valence-corrected chi connectivity index (χ0v) is 5.42. The second-order valence-corrected chi connectivity index (χ2v) is 1.59. The van der Waals surface area contributed by atoms with Crippen molar-refractivity contribution in [3.05, 3.63) is 13.2 Å². The van der Waals surface area contributed by atoms with Crippen molar-refractivity contribution in [3.63, 3.8) is 0 Å². The molecule has 0 aromatic rings. The Morgan fingerprint density at radius 1 is 1.56 bits per heavy atom. The minimum Gasteiger partial charge on any atom is -0.479 e. The van der Waals surface area contributed by atoms with E-state index in [2.05, 4.69) is 13.2 Å². The molecule has 0 bridgehead atoms. The van der Waals surface area contributed by atoms with Gasteiger partial charge in [-0.2, -0.15) is 0 Å². The van der Waals surface area contributed by atoms with Crippen molar-refractivity contribution in [3.8, 4) is 0 Å². The van der Waals surface area contributed by atoms with E-state index in [1.165, 1.54) is 6.92 Å². The van der Waals surface area contributed by atoms with Crippen LogP contribution in [0.25, 0.3) is 0 Å². The van der Waals surface area contributed by atoms with Crippen LogP contribution in [-0.2, 0) is 4.79 Å². The number of nitrogens with two attached hydrogens (primary N) is 2. The van der Waals surface area contributed by atoms with Gasteiger partial charge >= 0.3 is 5.97 Å². The normalized spacial score (nSPS) is 9.22. The van der Waals surface area contributed by atoms with Crippen LogP contribution >= 0.6 is 0 Å². The van der Waals surface area contributed by atoms with Crippen molar-refractivity contribution >= 4 is 5.97 Å². The lowest BCUT2D eigenvalue weighted by atomic mass is 10.2. The highest BCUT2D eigenvalue weighted by Gasteiger charge is 2.20. The van der Waals surface area contributed by atoms with Gasteiger partial charge in [0, 0.05) is 0 Å². The van der Waals surface area contributed by atoms with Crippen LogP contribution in [0.2, 0.25) is 0 Å². The van der Waals surface area contributed by atoms with Crippen LogP contribution in [0.15, 0.2) is 13.2 Å². The fourth-order valence-electron chi connectivity index (χ4n) is 0. The van der Waals surface area contributed by atoms with E-state index in [-0.39, 0.29) is 0 Å². The van der Waals surface area contributed by atoms with Gasteiger partial charge in [0.15, 0.2) is 5.66 Å². The molecule has 0 aliphatic rings. The summed E-state index contributed by atoms with van der Waals surface area (Å²) in [5, 5.41) is 8.00. The van der Waals surface area contributed by atoms with Gasteiger partial charge in [0.2, 0.25) is 0 Å². The molecule has 0 heterocycles. The van der Waals surface area contributed by atoms with Crippen molar-refractivity contribution in [2.24, 2.45) is 11.5 Å². The lowest BCUT2D eigenvalue weighted by molar-refractivity contribution is -0.142. The van der Waals surface area contributed by atoms with Gasteiger partial charge < -0.3 is 16.6 Å². The second kappa shape index (κ2) is 4.05. The molecule has 0 saturated carbocycles. The van der Waals surface area contributed by atoms with Crippen molar-refractivity contribution in [1.82, 2.24) is 0 Å². The van der Waals surface area contributed by atoms with E-state index in [1.54, 1.807) is 0 Å². The molecule has 0 amide bonds. The molecule has 0 unspecified atom stereocenters. The third-order valence-corrected chi connectivity index (χ3v) is 0.461. The predicted molar refractivity (Wildman–Crippen MR) is 35.7 cm³/mol. The number of carboxylic acid groups (broad SMARTS) is 1. The molecule has 0 aromatic carbocycles. The molecule has 54 valence electrons. The number of carboxylic acids is 1. The number of hydrogen-bond acceptors (Lipinski definition) is 3. The van der Waals surface area contributed by atoms with Gasteiger partial charge in [-0.1, -0.05) is 0 Å². The van der Waals surface area contributed by atoms with Crippen LogP contribution in [0, 0.1) is 0 Å². The zero-order chi connectivity index (χ0) is 8.08. The molecule has 4 heteroatoms. The third kappa shape index (κ3) is 7.13. The predicted octanol–water partition coefficient (Wildman–Crippen LogP) is -0.493. The van der Waals surface area contributed by atoms with E-state index >= 15 is 0 Å². The maximum Gasteiger partial charge on any atom is 0.338 e. The van der Waals surface area contributed by atoms with Crippen molar-refractivity contribution in [2.75, 3.05) is 0 Å². The second-order valence-electron chi connectivity index (χ2n) is 1.59. The molecule has 0 fully saturated rings. The fourth-order valence-corrected chi connectivity index (χ4v) is 0. The number of hydrogen-bond donors (Lipinski definition) is 3. The van der Waals surface area contributed by atoms with Gasteiger partial charge in [0.05, 0.1) is 0 Å². The summed E-state index contributed by atoms with van der Waals surface area (Å²) in [4.78, 5) is 9.77. The summed E-state index contributed by atoms with van der Waals surface area (Å²) in [5.41, 5.74) is 8.13. The highest BCUT2D eigenvalue weighted by atomic mass is 16.4. The number of carbonyl (C=O) groups is 1. The Morgan fingerprint density at radius 3 is 1.67 bits per heavy atom. The van der Waals surface area contributed by atoms with Gasteiger partial charge in [-0.05, 0) is 6.92 Å². The minimum atomic E-state index is -1.58. The van der Waals surface area contributed by atoms with Gasteiger partial charge in [0.25, 0.3) is 0 Å².